The maximum Gasteiger partial charge on any atom is 0.273 e. The normalized spacial score (nSPS) is 17.8. The standard InChI is InChI=1S/C17H15FN4O/c18-13-5-3-12(4-6-13)14-2-1-8-22(14)17(23)15-10-20-16-11-19-7-9-21(15)16/h3-7,9-11,14H,1-2,8H2. The Morgan fingerprint density at radius 1 is 1.22 bits per heavy atom. The van der Waals surface area contributed by atoms with Gasteiger partial charge >= 0.3 is 0 Å². The number of fused-ring (bicyclic) bond motifs is 1. The molecule has 5 nitrogen and oxygen atoms in total. The Balaban J connectivity index is 1.68. The van der Waals surface area contributed by atoms with Crippen LogP contribution in [0, 0.1) is 5.82 Å². The highest BCUT2D eigenvalue weighted by atomic mass is 19.1. The number of nitrogens with zero attached hydrogens (tertiary/aromatic N) is 4. The summed E-state index contributed by atoms with van der Waals surface area (Å²) in [5.41, 5.74) is 2.14. The van der Waals surface area contributed by atoms with Crippen molar-refractivity contribution >= 4 is 11.6 Å². The summed E-state index contributed by atoms with van der Waals surface area (Å²) in [6.07, 6.45) is 8.39. The van der Waals surface area contributed by atoms with E-state index in [1.165, 1.54) is 12.1 Å². The zero-order chi connectivity index (χ0) is 15.8. The van der Waals surface area contributed by atoms with Gasteiger partial charge < -0.3 is 4.90 Å². The van der Waals surface area contributed by atoms with Crippen molar-refractivity contribution in [3.63, 3.8) is 0 Å². The summed E-state index contributed by atoms with van der Waals surface area (Å²) >= 11 is 0. The van der Waals surface area contributed by atoms with Crippen molar-refractivity contribution in [3.8, 4) is 0 Å². The molecule has 0 saturated carbocycles. The van der Waals surface area contributed by atoms with Crippen LogP contribution < -0.4 is 0 Å². The summed E-state index contributed by atoms with van der Waals surface area (Å²) in [7, 11) is 0. The average Bonchev–Trinajstić information content (AvgIpc) is 3.22. The smallest absolute Gasteiger partial charge is 0.273 e. The molecular formula is C17H15FN4O. The Morgan fingerprint density at radius 3 is 2.87 bits per heavy atom. The average molecular weight is 310 g/mol. The van der Waals surface area contributed by atoms with Crippen molar-refractivity contribution in [2.24, 2.45) is 0 Å². The summed E-state index contributed by atoms with van der Waals surface area (Å²) in [6.45, 7) is 0.694. The topological polar surface area (TPSA) is 50.5 Å². The lowest BCUT2D eigenvalue weighted by molar-refractivity contribution is 0.0728. The van der Waals surface area contributed by atoms with Crippen LogP contribution in [0.25, 0.3) is 5.65 Å². The molecule has 1 saturated heterocycles. The number of benzene rings is 1. The Hall–Kier alpha value is -2.76. The molecular weight excluding hydrogens is 295 g/mol. The summed E-state index contributed by atoms with van der Waals surface area (Å²) < 4.78 is 14.9. The highest BCUT2D eigenvalue weighted by Gasteiger charge is 2.31. The molecule has 1 aliphatic rings. The van der Waals surface area contributed by atoms with E-state index >= 15 is 0 Å². The Kier molecular flexibility index (Phi) is 3.29. The van der Waals surface area contributed by atoms with Crippen molar-refractivity contribution in [2.45, 2.75) is 18.9 Å². The number of likely N-dealkylation sites (tertiary alicyclic amines) is 1. The van der Waals surface area contributed by atoms with Crippen LogP contribution in [0.5, 0.6) is 0 Å². The van der Waals surface area contributed by atoms with E-state index in [0.29, 0.717) is 17.9 Å². The SMILES string of the molecule is O=C(c1cnc2cnccn12)N1CCCC1c1ccc(F)cc1. The maximum atomic E-state index is 13.1. The van der Waals surface area contributed by atoms with Crippen LogP contribution in [0.1, 0.15) is 34.9 Å². The molecule has 1 aromatic carbocycles. The molecule has 0 radical (unpaired) electrons. The second-order valence-corrected chi connectivity index (χ2v) is 5.66. The quantitative estimate of drug-likeness (QED) is 0.731. The summed E-state index contributed by atoms with van der Waals surface area (Å²) in [5, 5.41) is 0. The van der Waals surface area contributed by atoms with Gasteiger partial charge in [-0.15, -0.1) is 0 Å². The first-order valence-corrected chi connectivity index (χ1v) is 7.57. The van der Waals surface area contributed by atoms with Crippen molar-refractivity contribution < 1.29 is 9.18 Å². The summed E-state index contributed by atoms with van der Waals surface area (Å²) in [5.74, 6) is -0.325. The van der Waals surface area contributed by atoms with Gasteiger partial charge in [0.15, 0.2) is 5.65 Å². The van der Waals surface area contributed by atoms with Gasteiger partial charge in [-0.2, -0.15) is 0 Å². The molecule has 3 heterocycles. The fourth-order valence-corrected chi connectivity index (χ4v) is 3.19. The van der Waals surface area contributed by atoms with E-state index in [0.717, 1.165) is 18.4 Å². The molecule has 116 valence electrons. The molecule has 1 fully saturated rings. The predicted octanol–water partition coefficient (Wildman–Crippen LogP) is 2.85. The monoisotopic (exact) mass is 310 g/mol. The first-order valence-electron chi connectivity index (χ1n) is 7.57. The molecule has 6 heteroatoms. The van der Waals surface area contributed by atoms with Crippen LogP contribution in [-0.4, -0.2) is 31.7 Å². The fraction of sp³-hybridized carbons (Fsp3) is 0.235. The molecule has 2 aromatic heterocycles. The number of hydrogen-bond donors (Lipinski definition) is 0. The second kappa shape index (κ2) is 5.46. The van der Waals surface area contributed by atoms with Crippen LogP contribution >= 0.6 is 0 Å². The minimum Gasteiger partial charge on any atom is -0.330 e. The van der Waals surface area contributed by atoms with Gasteiger partial charge in [0.05, 0.1) is 18.4 Å². The highest BCUT2D eigenvalue weighted by molar-refractivity contribution is 5.93. The second-order valence-electron chi connectivity index (χ2n) is 5.66. The lowest BCUT2D eigenvalue weighted by atomic mass is 10.0. The van der Waals surface area contributed by atoms with Gasteiger partial charge in [0.25, 0.3) is 5.91 Å². The number of hydrogen-bond acceptors (Lipinski definition) is 3. The molecule has 0 aliphatic carbocycles. The first-order chi connectivity index (χ1) is 11.2. The molecule has 4 rings (SSSR count). The summed E-state index contributed by atoms with van der Waals surface area (Å²) in [4.78, 5) is 23.0. The number of aromatic nitrogens is 3. The fourth-order valence-electron chi connectivity index (χ4n) is 3.19. The number of imidazole rings is 1. The van der Waals surface area contributed by atoms with Gasteiger partial charge in [0.1, 0.15) is 11.5 Å². The van der Waals surface area contributed by atoms with Crippen LogP contribution in [-0.2, 0) is 0 Å². The third-order valence-corrected chi connectivity index (χ3v) is 4.30. The number of rotatable bonds is 2. The van der Waals surface area contributed by atoms with Gasteiger partial charge in [-0.3, -0.25) is 14.2 Å². The van der Waals surface area contributed by atoms with E-state index in [1.54, 1.807) is 41.3 Å². The lowest BCUT2D eigenvalue weighted by Gasteiger charge is -2.24. The molecule has 1 amide bonds. The van der Waals surface area contributed by atoms with Crippen LogP contribution in [0.3, 0.4) is 0 Å². The van der Waals surface area contributed by atoms with Gasteiger partial charge in [0, 0.05) is 18.9 Å². The maximum absolute atomic E-state index is 13.1. The van der Waals surface area contributed by atoms with Crippen LogP contribution in [0.2, 0.25) is 0 Å². The van der Waals surface area contributed by atoms with E-state index in [2.05, 4.69) is 9.97 Å². The zero-order valence-electron chi connectivity index (χ0n) is 12.4. The summed E-state index contributed by atoms with van der Waals surface area (Å²) in [6, 6.07) is 6.37. The zero-order valence-corrected chi connectivity index (χ0v) is 12.4. The first kappa shape index (κ1) is 13.9. The van der Waals surface area contributed by atoms with Gasteiger partial charge in [-0.05, 0) is 30.5 Å². The van der Waals surface area contributed by atoms with Gasteiger partial charge in [-0.25, -0.2) is 9.37 Å². The van der Waals surface area contributed by atoms with E-state index < -0.39 is 0 Å². The van der Waals surface area contributed by atoms with Crippen molar-refractivity contribution in [2.75, 3.05) is 6.54 Å². The largest absolute Gasteiger partial charge is 0.330 e. The van der Waals surface area contributed by atoms with E-state index in [-0.39, 0.29) is 17.8 Å². The minimum atomic E-state index is -0.265. The van der Waals surface area contributed by atoms with Crippen molar-refractivity contribution in [1.29, 1.82) is 0 Å². The molecule has 0 bridgehead atoms. The molecule has 0 N–H and O–H groups in total. The van der Waals surface area contributed by atoms with Crippen LogP contribution in [0.4, 0.5) is 4.39 Å². The van der Waals surface area contributed by atoms with E-state index in [4.69, 9.17) is 0 Å². The molecule has 23 heavy (non-hydrogen) atoms. The molecule has 1 aliphatic heterocycles. The number of halogens is 1. The number of amides is 1. The van der Waals surface area contributed by atoms with E-state index in [9.17, 15) is 9.18 Å². The van der Waals surface area contributed by atoms with E-state index in [1.807, 2.05) is 4.90 Å². The Bertz CT molecular complexity index is 858. The van der Waals surface area contributed by atoms with Gasteiger partial charge in [0.2, 0.25) is 0 Å². The van der Waals surface area contributed by atoms with Crippen molar-refractivity contribution in [1.82, 2.24) is 19.3 Å². The minimum absolute atomic E-state index is 0.0181. The number of carbonyl (C=O) groups excluding carboxylic acids is 1. The molecule has 3 aromatic rings. The molecule has 1 unspecified atom stereocenters. The third kappa shape index (κ3) is 2.36. The molecule has 0 spiro atoms. The Labute approximate surface area is 132 Å². The highest BCUT2D eigenvalue weighted by Crippen LogP contribution is 2.33. The van der Waals surface area contributed by atoms with Gasteiger partial charge in [-0.1, -0.05) is 12.1 Å². The van der Waals surface area contributed by atoms with Crippen molar-refractivity contribution in [3.05, 3.63) is 66.1 Å². The Morgan fingerprint density at radius 2 is 2.04 bits per heavy atom. The molecule has 1 atom stereocenters. The predicted molar refractivity (Wildman–Crippen MR) is 82.4 cm³/mol. The third-order valence-electron chi connectivity index (χ3n) is 4.30. The number of carbonyl (C=O) groups is 1. The van der Waals surface area contributed by atoms with Crippen LogP contribution in [0.15, 0.2) is 49.1 Å². The lowest BCUT2D eigenvalue weighted by Crippen LogP contribution is -2.31.